The van der Waals surface area contributed by atoms with Crippen LogP contribution in [-0.4, -0.2) is 40.0 Å². The zero-order valence-electron chi connectivity index (χ0n) is 11.0. The van der Waals surface area contributed by atoms with Crippen molar-refractivity contribution in [3.8, 4) is 0 Å². The first-order valence-corrected chi connectivity index (χ1v) is 6.45. The van der Waals surface area contributed by atoms with Gasteiger partial charge in [-0.25, -0.2) is 0 Å². The molecule has 1 fully saturated rings. The molecule has 20 heavy (non-hydrogen) atoms. The number of amides is 1. The molecule has 1 unspecified atom stereocenters. The molecule has 3 N–H and O–H groups in total. The summed E-state index contributed by atoms with van der Waals surface area (Å²) in [5.74, 6) is -0.687. The maximum Gasteiger partial charge on any atom is 0.274 e. The largest absolute Gasteiger partial charge is 0.392 e. The van der Waals surface area contributed by atoms with Crippen molar-refractivity contribution in [2.75, 3.05) is 13.1 Å². The van der Waals surface area contributed by atoms with Gasteiger partial charge in [0.15, 0.2) is 0 Å². The lowest BCUT2D eigenvalue weighted by Crippen LogP contribution is -2.37. The molecule has 0 aromatic heterocycles. The predicted molar refractivity (Wildman–Crippen MR) is 72.1 cm³/mol. The van der Waals surface area contributed by atoms with Crippen LogP contribution in [0.25, 0.3) is 0 Å². The Balaban J connectivity index is 2.22. The SMILES string of the molecule is NC(=O)c1ccc(CN2CCCC(O)C2)c([N+](=O)[O-])c1. The fourth-order valence-electron chi connectivity index (χ4n) is 2.44. The van der Waals surface area contributed by atoms with E-state index in [1.54, 1.807) is 6.07 Å². The molecule has 1 aliphatic rings. The van der Waals surface area contributed by atoms with E-state index in [0.29, 0.717) is 18.7 Å². The number of nitro benzene ring substituents is 1. The topological polar surface area (TPSA) is 110 Å². The molecule has 0 spiro atoms. The number of primary amides is 1. The Morgan fingerprint density at radius 2 is 2.30 bits per heavy atom. The number of piperidine rings is 1. The van der Waals surface area contributed by atoms with Gasteiger partial charge in [-0.05, 0) is 25.5 Å². The van der Waals surface area contributed by atoms with Crippen molar-refractivity contribution < 1.29 is 14.8 Å². The number of likely N-dealkylation sites (tertiary alicyclic amines) is 1. The number of nitrogens with two attached hydrogens (primary N) is 1. The summed E-state index contributed by atoms with van der Waals surface area (Å²) in [5, 5.41) is 20.7. The molecule has 7 heteroatoms. The van der Waals surface area contributed by atoms with Crippen molar-refractivity contribution in [3.05, 3.63) is 39.4 Å². The lowest BCUT2D eigenvalue weighted by Gasteiger charge is -2.29. The minimum atomic E-state index is -0.687. The molecule has 0 saturated carbocycles. The summed E-state index contributed by atoms with van der Waals surface area (Å²) in [5.41, 5.74) is 5.67. The van der Waals surface area contributed by atoms with Crippen molar-refractivity contribution in [3.63, 3.8) is 0 Å². The monoisotopic (exact) mass is 279 g/mol. The van der Waals surface area contributed by atoms with Crippen molar-refractivity contribution in [2.24, 2.45) is 5.73 Å². The number of nitro groups is 1. The average Bonchev–Trinajstić information content (AvgIpc) is 2.38. The molecule has 1 atom stereocenters. The number of hydrogen-bond donors (Lipinski definition) is 2. The Hall–Kier alpha value is -1.99. The second-order valence-corrected chi connectivity index (χ2v) is 5.00. The van der Waals surface area contributed by atoms with Crippen LogP contribution < -0.4 is 5.73 Å². The second kappa shape index (κ2) is 5.98. The zero-order valence-corrected chi connectivity index (χ0v) is 11.0. The van der Waals surface area contributed by atoms with E-state index in [0.717, 1.165) is 19.4 Å². The first-order chi connectivity index (χ1) is 9.47. The van der Waals surface area contributed by atoms with E-state index in [9.17, 15) is 20.0 Å². The van der Waals surface area contributed by atoms with Crippen LogP contribution >= 0.6 is 0 Å². The third kappa shape index (κ3) is 3.31. The fraction of sp³-hybridized carbons (Fsp3) is 0.462. The Labute approximate surface area is 116 Å². The van der Waals surface area contributed by atoms with E-state index >= 15 is 0 Å². The van der Waals surface area contributed by atoms with Gasteiger partial charge < -0.3 is 10.8 Å². The van der Waals surface area contributed by atoms with Gasteiger partial charge in [0.05, 0.1) is 11.0 Å². The molecular formula is C13H17N3O4. The lowest BCUT2D eigenvalue weighted by atomic mass is 10.0. The molecular weight excluding hydrogens is 262 g/mol. The predicted octanol–water partition coefficient (Wildman–Crippen LogP) is 0.650. The molecule has 0 radical (unpaired) electrons. The van der Waals surface area contributed by atoms with Crippen molar-refractivity contribution in [1.82, 2.24) is 4.90 Å². The molecule has 0 bridgehead atoms. The van der Waals surface area contributed by atoms with Gasteiger partial charge in [-0.1, -0.05) is 6.07 Å². The first kappa shape index (κ1) is 14.4. The van der Waals surface area contributed by atoms with Crippen molar-refractivity contribution in [2.45, 2.75) is 25.5 Å². The van der Waals surface area contributed by atoms with E-state index in [1.807, 2.05) is 4.90 Å². The average molecular weight is 279 g/mol. The van der Waals surface area contributed by atoms with Gasteiger partial charge in [0.25, 0.3) is 5.69 Å². The van der Waals surface area contributed by atoms with E-state index in [1.165, 1.54) is 12.1 Å². The highest BCUT2D eigenvalue weighted by atomic mass is 16.6. The van der Waals surface area contributed by atoms with E-state index in [2.05, 4.69) is 0 Å². The molecule has 1 aromatic carbocycles. The molecule has 0 aliphatic carbocycles. The normalized spacial score (nSPS) is 19.8. The molecule has 1 amide bonds. The number of aliphatic hydroxyl groups excluding tert-OH is 1. The number of carbonyl (C=O) groups is 1. The number of benzene rings is 1. The highest BCUT2D eigenvalue weighted by Gasteiger charge is 2.22. The Morgan fingerprint density at radius 3 is 2.90 bits per heavy atom. The van der Waals surface area contributed by atoms with Crippen LogP contribution in [0.5, 0.6) is 0 Å². The lowest BCUT2D eigenvalue weighted by molar-refractivity contribution is -0.385. The van der Waals surface area contributed by atoms with E-state index in [-0.39, 0.29) is 17.4 Å². The molecule has 1 aromatic rings. The highest BCUT2D eigenvalue weighted by molar-refractivity contribution is 5.93. The van der Waals surface area contributed by atoms with Crippen LogP contribution in [0.2, 0.25) is 0 Å². The molecule has 1 heterocycles. The van der Waals surface area contributed by atoms with E-state index in [4.69, 9.17) is 5.73 Å². The summed E-state index contributed by atoms with van der Waals surface area (Å²) in [6, 6.07) is 4.25. The smallest absolute Gasteiger partial charge is 0.274 e. The van der Waals surface area contributed by atoms with Gasteiger partial charge in [-0.15, -0.1) is 0 Å². The molecule has 1 aliphatic heterocycles. The van der Waals surface area contributed by atoms with Crippen LogP contribution in [0, 0.1) is 10.1 Å². The summed E-state index contributed by atoms with van der Waals surface area (Å²) in [4.78, 5) is 23.6. The first-order valence-electron chi connectivity index (χ1n) is 6.45. The van der Waals surface area contributed by atoms with Gasteiger partial charge in [0.2, 0.25) is 5.91 Å². The third-order valence-corrected chi connectivity index (χ3v) is 3.44. The summed E-state index contributed by atoms with van der Waals surface area (Å²) in [7, 11) is 0. The van der Waals surface area contributed by atoms with Crippen LogP contribution in [-0.2, 0) is 6.54 Å². The number of carbonyl (C=O) groups excluding carboxylic acids is 1. The highest BCUT2D eigenvalue weighted by Crippen LogP contribution is 2.23. The van der Waals surface area contributed by atoms with Gasteiger partial charge >= 0.3 is 0 Å². The summed E-state index contributed by atoms with van der Waals surface area (Å²) in [6.07, 6.45) is 1.25. The van der Waals surface area contributed by atoms with Gasteiger partial charge in [-0.3, -0.25) is 19.8 Å². The van der Waals surface area contributed by atoms with Gasteiger partial charge in [-0.2, -0.15) is 0 Å². The number of rotatable bonds is 4. The Kier molecular flexibility index (Phi) is 4.31. The second-order valence-electron chi connectivity index (χ2n) is 5.00. The maximum absolute atomic E-state index is 11.1. The summed E-state index contributed by atoms with van der Waals surface area (Å²) >= 11 is 0. The van der Waals surface area contributed by atoms with Gasteiger partial charge in [0, 0.05) is 30.3 Å². The van der Waals surface area contributed by atoms with Crippen LogP contribution in [0.15, 0.2) is 18.2 Å². The number of aliphatic hydroxyl groups is 1. The zero-order chi connectivity index (χ0) is 14.7. The molecule has 1 saturated heterocycles. The fourth-order valence-corrected chi connectivity index (χ4v) is 2.44. The van der Waals surface area contributed by atoms with Crippen LogP contribution in [0.4, 0.5) is 5.69 Å². The quantitative estimate of drug-likeness (QED) is 0.621. The number of β-amino-alcohol motifs (C(OH)–C–C–N with tert-alkyl or cyclic N) is 1. The third-order valence-electron chi connectivity index (χ3n) is 3.44. The van der Waals surface area contributed by atoms with Gasteiger partial charge in [0.1, 0.15) is 0 Å². The standard InChI is InChI=1S/C13H17N3O4/c14-13(18)9-3-4-10(12(6-9)16(19)20)7-15-5-1-2-11(17)8-15/h3-4,6,11,17H,1-2,5,7-8H2,(H2,14,18). The maximum atomic E-state index is 11.1. The minimum Gasteiger partial charge on any atom is -0.392 e. The molecule has 108 valence electrons. The summed E-state index contributed by atoms with van der Waals surface area (Å²) in [6.45, 7) is 1.69. The van der Waals surface area contributed by atoms with Crippen molar-refractivity contribution >= 4 is 11.6 Å². The van der Waals surface area contributed by atoms with Crippen LogP contribution in [0.1, 0.15) is 28.8 Å². The summed E-state index contributed by atoms with van der Waals surface area (Å²) < 4.78 is 0. The molecule has 7 nitrogen and oxygen atoms in total. The van der Waals surface area contributed by atoms with E-state index < -0.39 is 10.8 Å². The molecule has 2 rings (SSSR count). The minimum absolute atomic E-state index is 0.110. The number of nitrogens with zero attached hydrogens (tertiary/aromatic N) is 2. The van der Waals surface area contributed by atoms with Crippen molar-refractivity contribution in [1.29, 1.82) is 0 Å². The Bertz CT molecular complexity index is 532. The number of hydrogen-bond acceptors (Lipinski definition) is 5. The Morgan fingerprint density at radius 1 is 1.55 bits per heavy atom. The van der Waals surface area contributed by atoms with Crippen LogP contribution in [0.3, 0.4) is 0 Å².